The Kier molecular flexibility index (Phi) is 3.34. The Morgan fingerprint density at radius 2 is 1.87 bits per heavy atom. The molecule has 1 aromatic rings. The molecule has 1 aromatic carbocycles. The van der Waals surface area contributed by atoms with Gasteiger partial charge in [0.05, 0.1) is 0 Å². The third-order valence-electron chi connectivity index (χ3n) is 1.98. The zero-order chi connectivity index (χ0) is 11.6. The van der Waals surface area contributed by atoms with Crippen molar-refractivity contribution in [3.8, 4) is 0 Å². The van der Waals surface area contributed by atoms with E-state index in [2.05, 4.69) is 0 Å². The molecule has 1 atom stereocenters. The van der Waals surface area contributed by atoms with Crippen LogP contribution in [-0.4, -0.2) is 12.2 Å². The number of alkyl halides is 3. The van der Waals surface area contributed by atoms with Gasteiger partial charge in [0, 0.05) is 0 Å². The van der Waals surface area contributed by atoms with Gasteiger partial charge in [-0.3, -0.25) is 0 Å². The molecule has 0 aliphatic heterocycles. The molecule has 0 saturated carbocycles. The largest absolute Gasteiger partial charge is 0.403 e. The van der Waals surface area contributed by atoms with E-state index in [1.807, 2.05) is 0 Å². The standard InChI is InChI=1S/C10H11F4N/c1-6-2-7(4-8(11)3-6)5-9(15)10(12,13)14/h2-4,9H,5,15H2,1H3. The van der Waals surface area contributed by atoms with Crippen LogP contribution in [-0.2, 0) is 6.42 Å². The van der Waals surface area contributed by atoms with Gasteiger partial charge in [-0.05, 0) is 36.6 Å². The zero-order valence-corrected chi connectivity index (χ0v) is 8.11. The summed E-state index contributed by atoms with van der Waals surface area (Å²) in [6.45, 7) is 1.62. The highest BCUT2D eigenvalue weighted by Gasteiger charge is 2.36. The number of rotatable bonds is 2. The predicted octanol–water partition coefficient (Wildman–Crippen LogP) is 2.57. The van der Waals surface area contributed by atoms with Crippen molar-refractivity contribution in [3.05, 3.63) is 35.1 Å². The van der Waals surface area contributed by atoms with Crippen molar-refractivity contribution in [1.82, 2.24) is 0 Å². The molecular formula is C10H11F4N. The van der Waals surface area contributed by atoms with Gasteiger partial charge in [-0.15, -0.1) is 0 Å². The SMILES string of the molecule is Cc1cc(F)cc(CC(N)C(F)(F)F)c1. The summed E-state index contributed by atoms with van der Waals surface area (Å²) in [5.41, 5.74) is 5.78. The number of benzene rings is 1. The molecule has 1 nitrogen and oxygen atoms in total. The third kappa shape index (κ3) is 3.51. The molecule has 5 heteroatoms. The average molecular weight is 221 g/mol. The first-order chi connectivity index (χ1) is 6.79. The van der Waals surface area contributed by atoms with E-state index in [0.717, 1.165) is 6.07 Å². The van der Waals surface area contributed by atoms with Crippen LogP contribution in [0.5, 0.6) is 0 Å². The number of nitrogens with two attached hydrogens (primary N) is 1. The Balaban J connectivity index is 2.81. The monoisotopic (exact) mass is 221 g/mol. The molecule has 0 saturated heterocycles. The van der Waals surface area contributed by atoms with E-state index in [1.165, 1.54) is 12.1 Å². The van der Waals surface area contributed by atoms with E-state index in [-0.39, 0.29) is 5.56 Å². The summed E-state index contributed by atoms with van der Waals surface area (Å²) >= 11 is 0. The predicted molar refractivity (Wildman–Crippen MR) is 48.9 cm³/mol. The van der Waals surface area contributed by atoms with Crippen molar-refractivity contribution >= 4 is 0 Å². The summed E-state index contributed by atoms with van der Waals surface area (Å²) in [4.78, 5) is 0. The summed E-state index contributed by atoms with van der Waals surface area (Å²) in [5.74, 6) is -0.542. The van der Waals surface area contributed by atoms with E-state index < -0.39 is 24.5 Å². The van der Waals surface area contributed by atoms with Gasteiger partial charge in [-0.2, -0.15) is 13.2 Å². The second-order valence-corrected chi connectivity index (χ2v) is 3.49. The summed E-state index contributed by atoms with van der Waals surface area (Å²) < 4.78 is 49.2. The molecule has 15 heavy (non-hydrogen) atoms. The number of aryl methyl sites for hydroxylation is 1. The number of hydrogen-bond donors (Lipinski definition) is 1. The summed E-state index contributed by atoms with van der Waals surface area (Å²) in [7, 11) is 0. The Labute approximate surface area is 84.9 Å². The van der Waals surface area contributed by atoms with Gasteiger partial charge in [0.2, 0.25) is 0 Å². The van der Waals surface area contributed by atoms with Crippen molar-refractivity contribution in [1.29, 1.82) is 0 Å². The summed E-state index contributed by atoms with van der Waals surface area (Å²) in [6.07, 6.45) is -4.84. The van der Waals surface area contributed by atoms with Crippen LogP contribution in [0.3, 0.4) is 0 Å². The van der Waals surface area contributed by atoms with E-state index in [4.69, 9.17) is 5.73 Å². The van der Waals surface area contributed by atoms with Gasteiger partial charge in [0.15, 0.2) is 0 Å². The molecule has 0 bridgehead atoms. The van der Waals surface area contributed by atoms with Crippen LogP contribution in [0.25, 0.3) is 0 Å². The minimum atomic E-state index is -4.44. The van der Waals surface area contributed by atoms with Crippen LogP contribution in [0.15, 0.2) is 18.2 Å². The van der Waals surface area contributed by atoms with Crippen LogP contribution < -0.4 is 5.73 Å². The molecule has 1 rings (SSSR count). The summed E-state index contributed by atoms with van der Waals surface area (Å²) in [6, 6.07) is 1.87. The van der Waals surface area contributed by atoms with Gasteiger partial charge in [0.1, 0.15) is 11.9 Å². The van der Waals surface area contributed by atoms with Gasteiger partial charge in [0.25, 0.3) is 0 Å². The van der Waals surface area contributed by atoms with Crippen LogP contribution in [0.1, 0.15) is 11.1 Å². The Bertz CT molecular complexity index is 326. The Morgan fingerprint density at radius 3 is 2.33 bits per heavy atom. The molecule has 0 radical (unpaired) electrons. The average Bonchev–Trinajstić information content (AvgIpc) is 1.99. The normalized spacial score (nSPS) is 14.0. The fourth-order valence-corrected chi connectivity index (χ4v) is 1.30. The van der Waals surface area contributed by atoms with Crippen molar-refractivity contribution < 1.29 is 17.6 Å². The minimum Gasteiger partial charge on any atom is -0.320 e. The lowest BCUT2D eigenvalue weighted by Gasteiger charge is -2.15. The van der Waals surface area contributed by atoms with Crippen molar-refractivity contribution in [3.63, 3.8) is 0 Å². The minimum absolute atomic E-state index is 0.261. The van der Waals surface area contributed by atoms with Crippen molar-refractivity contribution in [2.45, 2.75) is 25.6 Å². The lowest BCUT2D eigenvalue weighted by molar-refractivity contribution is -0.147. The highest BCUT2D eigenvalue weighted by Crippen LogP contribution is 2.22. The summed E-state index contributed by atoms with van der Waals surface area (Å²) in [5, 5.41) is 0. The number of halogens is 4. The highest BCUT2D eigenvalue weighted by atomic mass is 19.4. The second kappa shape index (κ2) is 4.18. The van der Waals surface area contributed by atoms with Gasteiger partial charge >= 0.3 is 6.18 Å². The molecule has 1 unspecified atom stereocenters. The van der Waals surface area contributed by atoms with Crippen molar-refractivity contribution in [2.24, 2.45) is 5.73 Å². The van der Waals surface area contributed by atoms with Gasteiger partial charge in [-0.25, -0.2) is 4.39 Å². The lowest BCUT2D eigenvalue weighted by Crippen LogP contribution is -2.39. The number of hydrogen-bond acceptors (Lipinski definition) is 1. The maximum absolute atomic E-state index is 12.9. The Morgan fingerprint density at radius 1 is 1.27 bits per heavy atom. The molecule has 0 amide bonds. The van der Waals surface area contributed by atoms with Crippen LogP contribution in [0.2, 0.25) is 0 Å². The lowest BCUT2D eigenvalue weighted by atomic mass is 10.0. The maximum Gasteiger partial charge on any atom is 0.403 e. The molecule has 0 spiro atoms. The second-order valence-electron chi connectivity index (χ2n) is 3.49. The maximum atomic E-state index is 12.9. The van der Waals surface area contributed by atoms with Gasteiger partial charge < -0.3 is 5.73 Å². The first-order valence-corrected chi connectivity index (χ1v) is 4.37. The molecule has 0 fully saturated rings. The highest BCUT2D eigenvalue weighted by molar-refractivity contribution is 5.24. The van der Waals surface area contributed by atoms with Crippen LogP contribution in [0.4, 0.5) is 17.6 Å². The molecule has 0 heterocycles. The van der Waals surface area contributed by atoms with E-state index in [9.17, 15) is 17.6 Å². The van der Waals surface area contributed by atoms with Crippen molar-refractivity contribution in [2.75, 3.05) is 0 Å². The molecular weight excluding hydrogens is 210 g/mol. The fraction of sp³-hybridized carbons (Fsp3) is 0.400. The molecule has 84 valence electrons. The van der Waals surface area contributed by atoms with E-state index in [1.54, 1.807) is 6.92 Å². The molecule has 0 aromatic heterocycles. The smallest absolute Gasteiger partial charge is 0.320 e. The fourth-order valence-electron chi connectivity index (χ4n) is 1.30. The first-order valence-electron chi connectivity index (χ1n) is 4.37. The zero-order valence-electron chi connectivity index (χ0n) is 8.11. The van der Waals surface area contributed by atoms with E-state index in [0.29, 0.717) is 5.56 Å². The molecule has 2 N–H and O–H groups in total. The van der Waals surface area contributed by atoms with Gasteiger partial charge in [-0.1, -0.05) is 6.07 Å². The quantitative estimate of drug-likeness (QED) is 0.763. The molecule has 0 aliphatic rings. The third-order valence-corrected chi connectivity index (χ3v) is 1.98. The van der Waals surface area contributed by atoms with Crippen LogP contribution >= 0.6 is 0 Å². The van der Waals surface area contributed by atoms with Crippen LogP contribution in [0, 0.1) is 12.7 Å². The first kappa shape index (κ1) is 12.0. The Hall–Kier alpha value is -1.10. The van der Waals surface area contributed by atoms with E-state index >= 15 is 0 Å². The topological polar surface area (TPSA) is 26.0 Å². The molecule has 0 aliphatic carbocycles.